The van der Waals surface area contributed by atoms with Crippen molar-refractivity contribution in [3.05, 3.63) is 94.4 Å². The third-order valence-corrected chi connectivity index (χ3v) is 6.13. The number of hydrogen-bond donors (Lipinski definition) is 1. The van der Waals surface area contributed by atoms with Crippen LogP contribution in [0.4, 0.5) is 0 Å². The van der Waals surface area contributed by atoms with Crippen LogP contribution in [0, 0.1) is 0 Å². The Hall–Kier alpha value is -4.52. The molecule has 7 heteroatoms. The molecule has 5 rings (SSSR count). The van der Waals surface area contributed by atoms with Crippen molar-refractivity contribution in [2.24, 2.45) is 0 Å². The van der Waals surface area contributed by atoms with Crippen LogP contribution in [0.25, 0.3) is 22.1 Å². The number of carbonyl (C=O) groups is 1. The number of esters is 1. The molecule has 1 aliphatic rings. The molecule has 0 aliphatic carbocycles. The number of carbonyl (C=O) groups excluding carboxylic acids is 1. The average Bonchev–Trinajstić information content (AvgIpc) is 2.87. The van der Waals surface area contributed by atoms with Gasteiger partial charge in [0.1, 0.15) is 30.0 Å². The highest BCUT2D eigenvalue weighted by molar-refractivity contribution is 5.90. The van der Waals surface area contributed by atoms with E-state index in [1.807, 2.05) is 19.1 Å². The summed E-state index contributed by atoms with van der Waals surface area (Å²) in [7, 11) is 1.55. The Morgan fingerprint density at radius 1 is 1.08 bits per heavy atom. The number of fused-ring (bicyclic) bond motifs is 3. The Labute approximate surface area is 207 Å². The number of benzene rings is 3. The molecular weight excluding hydrogens is 460 g/mol. The highest BCUT2D eigenvalue weighted by Crippen LogP contribution is 2.44. The van der Waals surface area contributed by atoms with E-state index in [4.69, 9.17) is 18.6 Å². The Morgan fingerprint density at radius 2 is 1.86 bits per heavy atom. The topological polar surface area (TPSA) is 95.2 Å². The fourth-order valence-electron chi connectivity index (χ4n) is 4.40. The highest BCUT2D eigenvalue weighted by Gasteiger charge is 2.32. The fraction of sp³-hybridized carbons (Fsp3) is 0.172. The number of aromatic hydroxyl groups is 1. The molecule has 36 heavy (non-hydrogen) atoms. The first-order chi connectivity index (χ1) is 17.4. The molecular formula is C29H24O7. The lowest BCUT2D eigenvalue weighted by Gasteiger charge is -2.26. The third-order valence-electron chi connectivity index (χ3n) is 6.13. The van der Waals surface area contributed by atoms with Crippen molar-refractivity contribution in [2.45, 2.75) is 19.3 Å². The molecule has 0 radical (unpaired) electrons. The van der Waals surface area contributed by atoms with Crippen molar-refractivity contribution in [3.8, 4) is 34.1 Å². The van der Waals surface area contributed by atoms with Crippen LogP contribution in [0.1, 0.15) is 30.4 Å². The molecule has 2 heterocycles. The second-order valence-corrected chi connectivity index (χ2v) is 8.77. The molecule has 0 fully saturated rings. The molecule has 7 nitrogen and oxygen atoms in total. The zero-order valence-corrected chi connectivity index (χ0v) is 19.9. The SMILES string of the molecule is C=C(C)COc1ccc([C@H]2CC(=O)Oc3ccc4c(=O)c(-c5ccc(O)cc5)coc4c32)cc1OC. The van der Waals surface area contributed by atoms with Crippen LogP contribution < -0.4 is 19.6 Å². The summed E-state index contributed by atoms with van der Waals surface area (Å²) in [6.45, 7) is 6.08. The first-order valence-electron chi connectivity index (χ1n) is 11.4. The molecule has 0 amide bonds. The highest BCUT2D eigenvalue weighted by atomic mass is 16.5. The van der Waals surface area contributed by atoms with E-state index < -0.39 is 5.92 Å². The number of ether oxygens (including phenoxy) is 3. The van der Waals surface area contributed by atoms with Gasteiger partial charge in [-0.25, -0.2) is 0 Å². The summed E-state index contributed by atoms with van der Waals surface area (Å²) in [5, 5.41) is 9.95. The molecule has 1 aromatic heterocycles. The summed E-state index contributed by atoms with van der Waals surface area (Å²) >= 11 is 0. The summed E-state index contributed by atoms with van der Waals surface area (Å²) in [6.07, 6.45) is 1.48. The lowest BCUT2D eigenvalue weighted by molar-refractivity contribution is -0.135. The molecule has 0 spiro atoms. The van der Waals surface area contributed by atoms with Gasteiger partial charge in [-0.05, 0) is 60.0 Å². The van der Waals surface area contributed by atoms with Crippen LogP contribution in [0.3, 0.4) is 0 Å². The number of rotatable bonds is 6. The lowest BCUT2D eigenvalue weighted by atomic mass is 9.85. The van der Waals surface area contributed by atoms with E-state index in [-0.39, 0.29) is 23.6 Å². The van der Waals surface area contributed by atoms with Crippen molar-refractivity contribution in [1.82, 2.24) is 0 Å². The van der Waals surface area contributed by atoms with Crippen molar-refractivity contribution < 1.29 is 28.5 Å². The average molecular weight is 485 g/mol. The van der Waals surface area contributed by atoms with Crippen molar-refractivity contribution in [2.75, 3.05) is 13.7 Å². The molecule has 3 aromatic carbocycles. The Morgan fingerprint density at radius 3 is 2.58 bits per heavy atom. The van der Waals surface area contributed by atoms with E-state index >= 15 is 0 Å². The maximum Gasteiger partial charge on any atom is 0.312 e. The molecule has 1 atom stereocenters. The molecule has 0 saturated heterocycles. The monoisotopic (exact) mass is 484 g/mol. The molecule has 1 aliphatic heterocycles. The van der Waals surface area contributed by atoms with E-state index in [1.54, 1.807) is 37.4 Å². The van der Waals surface area contributed by atoms with Gasteiger partial charge in [-0.3, -0.25) is 9.59 Å². The second-order valence-electron chi connectivity index (χ2n) is 8.77. The molecule has 4 aromatic rings. The van der Waals surface area contributed by atoms with Gasteiger partial charge in [0.05, 0.1) is 24.5 Å². The summed E-state index contributed by atoms with van der Waals surface area (Å²) in [5.41, 5.74) is 3.43. The van der Waals surface area contributed by atoms with Gasteiger partial charge >= 0.3 is 5.97 Å². The van der Waals surface area contributed by atoms with Gasteiger partial charge in [0.25, 0.3) is 0 Å². The summed E-state index contributed by atoms with van der Waals surface area (Å²) in [6, 6.07) is 15.0. The van der Waals surface area contributed by atoms with Gasteiger partial charge in [-0.15, -0.1) is 0 Å². The number of phenols is 1. The molecule has 0 saturated carbocycles. The number of methoxy groups -OCH3 is 1. The van der Waals surface area contributed by atoms with Crippen LogP contribution in [0.5, 0.6) is 23.0 Å². The van der Waals surface area contributed by atoms with Gasteiger partial charge < -0.3 is 23.7 Å². The summed E-state index contributed by atoms with van der Waals surface area (Å²) < 4.78 is 22.9. The van der Waals surface area contributed by atoms with Crippen molar-refractivity contribution >= 4 is 16.9 Å². The van der Waals surface area contributed by atoms with Crippen LogP contribution in [0.15, 0.2) is 82.2 Å². The van der Waals surface area contributed by atoms with Crippen LogP contribution in [-0.4, -0.2) is 24.8 Å². The molecule has 1 N–H and O–H groups in total. The van der Waals surface area contributed by atoms with E-state index in [2.05, 4.69) is 6.58 Å². The van der Waals surface area contributed by atoms with Gasteiger partial charge in [0, 0.05) is 11.5 Å². The van der Waals surface area contributed by atoms with E-state index in [0.717, 1.165) is 11.1 Å². The standard InChI is InChI=1S/C29H24O7/c1-16(2)14-34-23-10-6-18(12-25(23)33-3)21-13-26(31)36-24-11-9-20-28(32)22(15-35-29(20)27(21)24)17-4-7-19(30)8-5-17/h4-12,15,21,30H,1,13-14H2,2-3H3/t21-/m1/s1. The smallest absolute Gasteiger partial charge is 0.312 e. The second kappa shape index (κ2) is 9.26. The normalized spacial score (nSPS) is 14.7. The van der Waals surface area contributed by atoms with Crippen LogP contribution >= 0.6 is 0 Å². The quantitative estimate of drug-likeness (QED) is 0.217. The van der Waals surface area contributed by atoms with E-state index in [9.17, 15) is 14.7 Å². The lowest BCUT2D eigenvalue weighted by Crippen LogP contribution is -2.22. The molecule has 182 valence electrons. The van der Waals surface area contributed by atoms with Gasteiger partial charge in [-0.1, -0.05) is 24.8 Å². The third kappa shape index (κ3) is 4.20. The minimum atomic E-state index is -0.420. The van der Waals surface area contributed by atoms with E-state index in [1.165, 1.54) is 18.4 Å². The van der Waals surface area contributed by atoms with Crippen LogP contribution in [-0.2, 0) is 4.79 Å². The predicted octanol–water partition coefficient (Wildman–Crippen LogP) is 5.57. The number of phenolic OH excluding ortho intramolecular Hbond substituents is 1. The zero-order chi connectivity index (χ0) is 25.4. The van der Waals surface area contributed by atoms with Crippen molar-refractivity contribution in [1.29, 1.82) is 0 Å². The Bertz CT molecular complexity index is 1550. The van der Waals surface area contributed by atoms with E-state index in [0.29, 0.717) is 51.5 Å². The van der Waals surface area contributed by atoms with Crippen LogP contribution in [0.2, 0.25) is 0 Å². The van der Waals surface area contributed by atoms with Gasteiger partial charge in [-0.2, -0.15) is 0 Å². The van der Waals surface area contributed by atoms with Gasteiger partial charge in [0.2, 0.25) is 5.43 Å². The summed E-state index contributed by atoms with van der Waals surface area (Å²) in [5.74, 6) is 0.740. The first kappa shape index (κ1) is 23.2. The fourth-order valence-corrected chi connectivity index (χ4v) is 4.40. The molecule has 0 unspecified atom stereocenters. The maximum atomic E-state index is 13.4. The molecule has 0 bridgehead atoms. The van der Waals surface area contributed by atoms with Gasteiger partial charge in [0.15, 0.2) is 11.5 Å². The zero-order valence-electron chi connectivity index (χ0n) is 19.9. The largest absolute Gasteiger partial charge is 0.508 e. The Kier molecular flexibility index (Phi) is 5.98. The minimum absolute atomic E-state index is 0.0741. The summed E-state index contributed by atoms with van der Waals surface area (Å²) in [4.78, 5) is 25.9. The minimum Gasteiger partial charge on any atom is -0.508 e. The number of hydrogen-bond acceptors (Lipinski definition) is 7. The predicted molar refractivity (Wildman–Crippen MR) is 135 cm³/mol. The maximum absolute atomic E-state index is 13.4. The Balaban J connectivity index is 1.63. The first-order valence-corrected chi connectivity index (χ1v) is 11.4. The van der Waals surface area contributed by atoms with Crippen molar-refractivity contribution in [3.63, 3.8) is 0 Å².